The van der Waals surface area contributed by atoms with Crippen molar-refractivity contribution in [2.45, 2.75) is 38.5 Å². The predicted octanol–water partition coefficient (Wildman–Crippen LogP) is 2.76. The minimum Gasteiger partial charge on any atom is -0.354 e. The Morgan fingerprint density at radius 1 is 0.788 bits per heavy atom. The number of nitrogens with one attached hydrogen (secondary N) is 2. The number of piperidine rings is 1. The monoisotopic (exact) mass is 448 g/mol. The summed E-state index contributed by atoms with van der Waals surface area (Å²) in [7, 11) is 4.07. The Kier molecular flexibility index (Phi) is 8.75. The van der Waals surface area contributed by atoms with Crippen LogP contribution in [0.15, 0.2) is 59.6 Å². The lowest BCUT2D eigenvalue weighted by Gasteiger charge is -2.33. The van der Waals surface area contributed by atoms with Crippen molar-refractivity contribution >= 4 is 5.96 Å². The molecule has 33 heavy (non-hydrogen) atoms. The number of rotatable bonds is 7. The van der Waals surface area contributed by atoms with Gasteiger partial charge < -0.3 is 15.5 Å². The van der Waals surface area contributed by atoms with Crippen LogP contribution in [-0.2, 0) is 19.6 Å². The van der Waals surface area contributed by atoms with Gasteiger partial charge in [0.05, 0.1) is 0 Å². The molecule has 2 aromatic carbocycles. The van der Waals surface area contributed by atoms with E-state index in [-0.39, 0.29) is 0 Å². The van der Waals surface area contributed by atoms with E-state index in [0.717, 1.165) is 64.6 Å². The number of likely N-dealkylation sites (tertiary alicyclic amines) is 1. The lowest BCUT2D eigenvalue weighted by molar-refractivity contribution is 0.148. The van der Waals surface area contributed by atoms with Gasteiger partial charge in [0.1, 0.15) is 0 Å². The number of nitrogens with zero attached hydrogens (tertiary/aromatic N) is 4. The molecule has 0 unspecified atom stereocenters. The average molecular weight is 449 g/mol. The SMILES string of the molecule is CN=C(NCc1ccc(CN2CCN(C)CC2)cc1)NC1CCN(Cc2ccccc2)CC1. The summed E-state index contributed by atoms with van der Waals surface area (Å²) in [5.41, 5.74) is 4.08. The first-order valence-corrected chi connectivity index (χ1v) is 12.4. The Labute approximate surface area is 199 Å². The third kappa shape index (κ3) is 7.56. The second-order valence-electron chi connectivity index (χ2n) is 9.50. The Morgan fingerprint density at radius 3 is 2.00 bits per heavy atom. The summed E-state index contributed by atoms with van der Waals surface area (Å²) in [4.78, 5) is 12.0. The summed E-state index contributed by atoms with van der Waals surface area (Å²) in [6.07, 6.45) is 2.29. The van der Waals surface area contributed by atoms with Crippen molar-refractivity contribution in [2.75, 3.05) is 53.4 Å². The van der Waals surface area contributed by atoms with Crippen LogP contribution in [0.25, 0.3) is 0 Å². The van der Waals surface area contributed by atoms with Crippen molar-refractivity contribution < 1.29 is 0 Å². The number of piperazine rings is 1. The molecule has 0 spiro atoms. The van der Waals surface area contributed by atoms with Gasteiger partial charge in [-0.3, -0.25) is 14.8 Å². The molecule has 2 aliphatic heterocycles. The van der Waals surface area contributed by atoms with E-state index in [1.165, 1.54) is 29.8 Å². The molecule has 2 N–H and O–H groups in total. The minimum atomic E-state index is 0.481. The van der Waals surface area contributed by atoms with E-state index in [4.69, 9.17) is 0 Å². The summed E-state index contributed by atoms with van der Waals surface area (Å²) in [5, 5.41) is 7.13. The zero-order valence-electron chi connectivity index (χ0n) is 20.3. The summed E-state index contributed by atoms with van der Waals surface area (Å²) in [6.45, 7) is 9.79. The molecular weight excluding hydrogens is 408 g/mol. The molecule has 0 aromatic heterocycles. The molecule has 4 rings (SSSR count). The smallest absolute Gasteiger partial charge is 0.191 e. The van der Waals surface area contributed by atoms with Crippen LogP contribution in [0.2, 0.25) is 0 Å². The lowest BCUT2D eigenvalue weighted by atomic mass is 10.0. The molecule has 2 aliphatic rings. The zero-order chi connectivity index (χ0) is 22.9. The van der Waals surface area contributed by atoms with Crippen LogP contribution in [0.5, 0.6) is 0 Å². The van der Waals surface area contributed by atoms with Gasteiger partial charge in [0.2, 0.25) is 0 Å². The molecular formula is C27H40N6. The van der Waals surface area contributed by atoms with Crippen LogP contribution in [-0.4, -0.2) is 80.1 Å². The summed E-state index contributed by atoms with van der Waals surface area (Å²) < 4.78 is 0. The summed E-state index contributed by atoms with van der Waals surface area (Å²) >= 11 is 0. The molecule has 178 valence electrons. The van der Waals surface area contributed by atoms with Crippen LogP contribution in [0.1, 0.15) is 29.5 Å². The average Bonchev–Trinajstić information content (AvgIpc) is 2.86. The normalized spacial score (nSPS) is 19.5. The van der Waals surface area contributed by atoms with Crippen LogP contribution < -0.4 is 10.6 Å². The summed E-state index contributed by atoms with van der Waals surface area (Å²) in [6, 6.07) is 20.3. The van der Waals surface area contributed by atoms with Gasteiger partial charge in [-0.25, -0.2) is 0 Å². The third-order valence-electron chi connectivity index (χ3n) is 6.89. The van der Waals surface area contributed by atoms with Crippen LogP contribution in [0, 0.1) is 0 Å². The molecule has 6 nitrogen and oxygen atoms in total. The van der Waals surface area contributed by atoms with Gasteiger partial charge in [-0.05, 0) is 36.6 Å². The molecule has 0 saturated carbocycles. The largest absolute Gasteiger partial charge is 0.354 e. The lowest BCUT2D eigenvalue weighted by Crippen LogP contribution is -2.48. The van der Waals surface area contributed by atoms with Gasteiger partial charge in [0.15, 0.2) is 5.96 Å². The highest BCUT2D eigenvalue weighted by molar-refractivity contribution is 5.79. The maximum Gasteiger partial charge on any atom is 0.191 e. The molecule has 0 atom stereocenters. The van der Waals surface area contributed by atoms with Crippen molar-refractivity contribution in [1.82, 2.24) is 25.3 Å². The predicted molar refractivity (Wildman–Crippen MR) is 137 cm³/mol. The van der Waals surface area contributed by atoms with E-state index in [1.54, 1.807) is 0 Å². The van der Waals surface area contributed by atoms with E-state index < -0.39 is 0 Å². The number of guanidine groups is 1. The highest BCUT2D eigenvalue weighted by Gasteiger charge is 2.20. The first kappa shape index (κ1) is 23.7. The van der Waals surface area contributed by atoms with Crippen LogP contribution in [0.4, 0.5) is 0 Å². The topological polar surface area (TPSA) is 46.1 Å². The second-order valence-corrected chi connectivity index (χ2v) is 9.50. The van der Waals surface area contributed by atoms with Gasteiger partial charge >= 0.3 is 0 Å². The Balaban J connectivity index is 1.17. The standard InChI is InChI=1S/C27H40N6/c1-28-27(30-26-12-14-32(15-13-26)21-24-6-4-3-5-7-24)29-20-23-8-10-25(11-9-23)22-33-18-16-31(2)17-19-33/h3-11,26H,12-22H2,1-2H3,(H2,28,29,30). The zero-order valence-corrected chi connectivity index (χ0v) is 20.3. The number of aliphatic imine (C=N–C) groups is 1. The molecule has 2 saturated heterocycles. The Hall–Kier alpha value is -2.41. The fourth-order valence-electron chi connectivity index (χ4n) is 4.68. The van der Waals surface area contributed by atoms with E-state index in [0.29, 0.717) is 6.04 Å². The fourth-order valence-corrected chi connectivity index (χ4v) is 4.68. The number of likely N-dealkylation sites (N-methyl/N-ethyl adjacent to an activating group) is 1. The molecule has 6 heteroatoms. The molecule has 2 aromatic rings. The quantitative estimate of drug-likeness (QED) is 0.504. The van der Waals surface area contributed by atoms with Crippen LogP contribution >= 0.6 is 0 Å². The van der Waals surface area contributed by atoms with Crippen LogP contribution in [0.3, 0.4) is 0 Å². The van der Waals surface area contributed by atoms with Crippen molar-refractivity contribution in [3.8, 4) is 0 Å². The van der Waals surface area contributed by atoms with Gasteiger partial charge in [-0.15, -0.1) is 0 Å². The van der Waals surface area contributed by atoms with Crippen molar-refractivity contribution in [1.29, 1.82) is 0 Å². The van der Waals surface area contributed by atoms with Gasteiger partial charge in [-0.1, -0.05) is 54.6 Å². The Bertz CT molecular complexity index is 850. The van der Waals surface area contributed by atoms with Gasteiger partial charge in [0.25, 0.3) is 0 Å². The number of hydrogen-bond donors (Lipinski definition) is 2. The second kappa shape index (κ2) is 12.2. The molecule has 2 heterocycles. The first-order chi connectivity index (χ1) is 16.2. The molecule has 0 amide bonds. The summed E-state index contributed by atoms with van der Waals surface area (Å²) in [5.74, 6) is 0.901. The number of benzene rings is 2. The maximum atomic E-state index is 4.46. The van der Waals surface area contributed by atoms with E-state index in [1.807, 2.05) is 7.05 Å². The van der Waals surface area contributed by atoms with E-state index in [9.17, 15) is 0 Å². The molecule has 0 radical (unpaired) electrons. The molecule has 2 fully saturated rings. The number of hydrogen-bond acceptors (Lipinski definition) is 4. The van der Waals surface area contributed by atoms with Crippen molar-refractivity contribution in [3.05, 3.63) is 71.3 Å². The molecule has 0 bridgehead atoms. The highest BCUT2D eigenvalue weighted by atomic mass is 15.2. The minimum absolute atomic E-state index is 0.481. The van der Waals surface area contributed by atoms with E-state index >= 15 is 0 Å². The van der Waals surface area contributed by atoms with Crippen molar-refractivity contribution in [3.63, 3.8) is 0 Å². The maximum absolute atomic E-state index is 4.46. The van der Waals surface area contributed by atoms with E-state index in [2.05, 4.69) is 92.0 Å². The fraction of sp³-hybridized carbons (Fsp3) is 0.519. The first-order valence-electron chi connectivity index (χ1n) is 12.4. The molecule has 0 aliphatic carbocycles. The van der Waals surface area contributed by atoms with Gasteiger partial charge in [-0.2, -0.15) is 0 Å². The highest BCUT2D eigenvalue weighted by Crippen LogP contribution is 2.14. The Morgan fingerprint density at radius 2 is 1.36 bits per heavy atom. The van der Waals surface area contributed by atoms with Gasteiger partial charge in [0, 0.05) is 72.0 Å². The van der Waals surface area contributed by atoms with Crippen molar-refractivity contribution in [2.24, 2.45) is 4.99 Å². The third-order valence-corrected chi connectivity index (χ3v) is 6.89.